The van der Waals surface area contributed by atoms with Gasteiger partial charge in [-0.3, -0.25) is 0 Å². The van der Waals surface area contributed by atoms with Crippen LogP contribution in [-0.4, -0.2) is 31.6 Å². The van der Waals surface area contributed by atoms with Gasteiger partial charge in [0.1, 0.15) is 0 Å². The van der Waals surface area contributed by atoms with E-state index in [0.29, 0.717) is 0 Å². The SMILES string of the molecule is CN(C)CCc1ccc(C2(N=C=O)CCC2)cc1. The van der Waals surface area contributed by atoms with Gasteiger partial charge >= 0.3 is 0 Å². The van der Waals surface area contributed by atoms with Crippen molar-refractivity contribution in [1.82, 2.24) is 4.90 Å². The summed E-state index contributed by atoms with van der Waals surface area (Å²) in [6.45, 7) is 1.05. The van der Waals surface area contributed by atoms with Crippen LogP contribution in [0.5, 0.6) is 0 Å². The van der Waals surface area contributed by atoms with E-state index in [1.54, 1.807) is 6.08 Å². The van der Waals surface area contributed by atoms with Crippen LogP contribution >= 0.6 is 0 Å². The number of hydrogen-bond acceptors (Lipinski definition) is 3. The second-order valence-electron chi connectivity index (χ2n) is 5.34. The number of benzene rings is 1. The average molecular weight is 244 g/mol. The third kappa shape index (κ3) is 2.69. The summed E-state index contributed by atoms with van der Waals surface area (Å²) in [5, 5.41) is 0. The Morgan fingerprint density at radius 3 is 2.39 bits per heavy atom. The molecule has 1 aromatic carbocycles. The largest absolute Gasteiger partial charge is 0.309 e. The summed E-state index contributed by atoms with van der Waals surface area (Å²) < 4.78 is 0. The van der Waals surface area contributed by atoms with Gasteiger partial charge in [0, 0.05) is 6.54 Å². The average Bonchev–Trinajstić information content (AvgIpc) is 2.32. The summed E-state index contributed by atoms with van der Waals surface area (Å²) in [7, 11) is 4.16. The van der Waals surface area contributed by atoms with E-state index in [1.165, 1.54) is 5.56 Å². The minimum absolute atomic E-state index is 0.262. The van der Waals surface area contributed by atoms with Gasteiger partial charge in [0.25, 0.3) is 0 Å². The van der Waals surface area contributed by atoms with Crippen LogP contribution in [0.4, 0.5) is 0 Å². The van der Waals surface area contributed by atoms with Crippen molar-refractivity contribution in [1.29, 1.82) is 0 Å². The zero-order valence-electron chi connectivity index (χ0n) is 11.1. The number of carbonyl (C=O) groups excluding carboxylic acids is 1. The molecular formula is C15H20N2O. The molecule has 1 aliphatic rings. The molecule has 0 heterocycles. The summed E-state index contributed by atoms with van der Waals surface area (Å²) in [6.07, 6.45) is 5.87. The molecule has 1 aliphatic carbocycles. The lowest BCUT2D eigenvalue weighted by atomic mass is 9.72. The third-order valence-electron chi connectivity index (χ3n) is 3.78. The Balaban J connectivity index is 2.09. The fourth-order valence-corrected chi connectivity index (χ4v) is 2.40. The van der Waals surface area contributed by atoms with Gasteiger partial charge in [0.2, 0.25) is 6.08 Å². The first-order valence-electron chi connectivity index (χ1n) is 6.49. The molecule has 0 unspecified atom stereocenters. The lowest BCUT2D eigenvalue weighted by Gasteiger charge is -2.37. The maximum Gasteiger partial charge on any atom is 0.235 e. The first-order valence-corrected chi connectivity index (χ1v) is 6.49. The van der Waals surface area contributed by atoms with E-state index in [2.05, 4.69) is 48.3 Å². The molecule has 0 spiro atoms. The number of aliphatic imine (C=N–C) groups is 1. The smallest absolute Gasteiger partial charge is 0.235 e. The summed E-state index contributed by atoms with van der Waals surface area (Å²) >= 11 is 0. The molecule has 18 heavy (non-hydrogen) atoms. The molecule has 3 nitrogen and oxygen atoms in total. The van der Waals surface area contributed by atoms with Crippen molar-refractivity contribution in [2.24, 2.45) is 4.99 Å². The lowest BCUT2D eigenvalue weighted by molar-refractivity contribution is 0.256. The predicted molar refractivity (Wildman–Crippen MR) is 72.4 cm³/mol. The summed E-state index contributed by atoms with van der Waals surface area (Å²) in [4.78, 5) is 16.7. The van der Waals surface area contributed by atoms with E-state index in [1.807, 2.05) is 0 Å². The van der Waals surface area contributed by atoms with E-state index >= 15 is 0 Å². The Morgan fingerprint density at radius 1 is 1.28 bits per heavy atom. The van der Waals surface area contributed by atoms with Crippen LogP contribution in [0.2, 0.25) is 0 Å². The van der Waals surface area contributed by atoms with Crippen LogP contribution in [0.1, 0.15) is 30.4 Å². The second-order valence-corrected chi connectivity index (χ2v) is 5.34. The Hall–Kier alpha value is -1.44. The standard InChI is InChI=1S/C15H20N2O/c1-17(2)11-8-13-4-6-14(7-5-13)15(16-12-18)9-3-10-15/h4-7H,3,8-11H2,1-2H3. The Bertz CT molecular complexity index is 440. The molecule has 0 aliphatic heterocycles. The highest BCUT2D eigenvalue weighted by molar-refractivity contribution is 5.40. The van der Waals surface area contributed by atoms with Crippen molar-refractivity contribution in [2.75, 3.05) is 20.6 Å². The zero-order chi connectivity index (χ0) is 13.0. The monoisotopic (exact) mass is 244 g/mol. The van der Waals surface area contributed by atoms with Gasteiger partial charge in [0.05, 0.1) is 5.54 Å². The quantitative estimate of drug-likeness (QED) is 0.589. The molecule has 0 atom stereocenters. The van der Waals surface area contributed by atoms with Crippen LogP contribution in [-0.2, 0) is 16.8 Å². The molecular weight excluding hydrogens is 224 g/mol. The van der Waals surface area contributed by atoms with Gasteiger partial charge in [-0.05, 0) is 50.9 Å². The first-order chi connectivity index (χ1) is 8.66. The van der Waals surface area contributed by atoms with Crippen molar-refractivity contribution in [3.8, 4) is 0 Å². The van der Waals surface area contributed by atoms with Crippen LogP contribution < -0.4 is 0 Å². The van der Waals surface area contributed by atoms with Gasteiger partial charge in [-0.2, -0.15) is 4.99 Å². The van der Waals surface area contributed by atoms with E-state index < -0.39 is 0 Å². The molecule has 1 aromatic rings. The van der Waals surface area contributed by atoms with Crippen molar-refractivity contribution >= 4 is 6.08 Å². The van der Waals surface area contributed by atoms with Gasteiger partial charge < -0.3 is 4.90 Å². The van der Waals surface area contributed by atoms with Crippen molar-refractivity contribution < 1.29 is 4.79 Å². The second kappa shape index (κ2) is 5.47. The van der Waals surface area contributed by atoms with Crippen molar-refractivity contribution in [2.45, 2.75) is 31.2 Å². The third-order valence-corrected chi connectivity index (χ3v) is 3.78. The molecule has 0 amide bonds. The van der Waals surface area contributed by atoms with E-state index in [9.17, 15) is 4.79 Å². The molecule has 0 radical (unpaired) electrons. The van der Waals surface area contributed by atoms with Gasteiger partial charge in [-0.15, -0.1) is 0 Å². The highest BCUT2D eigenvalue weighted by atomic mass is 16.1. The normalized spacial score (nSPS) is 17.1. The number of likely N-dealkylation sites (N-methyl/N-ethyl adjacent to an activating group) is 1. The first kappa shape index (κ1) is 13.0. The molecule has 1 saturated carbocycles. The number of isocyanates is 1. The van der Waals surface area contributed by atoms with E-state index in [-0.39, 0.29) is 5.54 Å². The van der Waals surface area contributed by atoms with Gasteiger partial charge in [-0.25, -0.2) is 4.79 Å². The Kier molecular flexibility index (Phi) is 3.95. The number of hydrogen-bond donors (Lipinski definition) is 0. The van der Waals surface area contributed by atoms with Crippen LogP contribution in [0.3, 0.4) is 0 Å². The molecule has 0 N–H and O–H groups in total. The Labute approximate surface area is 109 Å². The maximum absolute atomic E-state index is 10.5. The topological polar surface area (TPSA) is 32.7 Å². The summed E-state index contributed by atoms with van der Waals surface area (Å²) in [5.41, 5.74) is 2.23. The highest BCUT2D eigenvalue weighted by Gasteiger charge is 2.38. The van der Waals surface area contributed by atoms with Crippen LogP contribution in [0.25, 0.3) is 0 Å². The molecule has 0 saturated heterocycles. The minimum Gasteiger partial charge on any atom is -0.309 e. The number of rotatable bonds is 5. The zero-order valence-corrected chi connectivity index (χ0v) is 11.1. The van der Waals surface area contributed by atoms with Crippen LogP contribution in [0, 0.1) is 0 Å². The van der Waals surface area contributed by atoms with E-state index in [0.717, 1.165) is 37.8 Å². The van der Waals surface area contributed by atoms with Crippen molar-refractivity contribution in [3.05, 3.63) is 35.4 Å². The van der Waals surface area contributed by atoms with Crippen LogP contribution in [0.15, 0.2) is 29.3 Å². The lowest BCUT2D eigenvalue weighted by Crippen LogP contribution is -2.31. The highest BCUT2D eigenvalue weighted by Crippen LogP contribution is 2.44. The predicted octanol–water partition coefficient (Wildman–Crippen LogP) is 2.51. The number of nitrogens with zero attached hydrogens (tertiary/aromatic N) is 2. The fourth-order valence-electron chi connectivity index (χ4n) is 2.40. The fraction of sp³-hybridized carbons (Fsp3) is 0.533. The molecule has 0 aromatic heterocycles. The molecule has 96 valence electrons. The van der Waals surface area contributed by atoms with Gasteiger partial charge in [-0.1, -0.05) is 24.3 Å². The molecule has 2 rings (SSSR count). The molecule has 1 fully saturated rings. The molecule has 0 bridgehead atoms. The van der Waals surface area contributed by atoms with Gasteiger partial charge in [0.15, 0.2) is 0 Å². The maximum atomic E-state index is 10.5. The molecule has 3 heteroatoms. The van der Waals surface area contributed by atoms with E-state index in [4.69, 9.17) is 0 Å². The summed E-state index contributed by atoms with van der Waals surface area (Å²) in [6, 6.07) is 8.54. The van der Waals surface area contributed by atoms with Crippen molar-refractivity contribution in [3.63, 3.8) is 0 Å². The Morgan fingerprint density at radius 2 is 1.94 bits per heavy atom. The minimum atomic E-state index is -0.262. The summed E-state index contributed by atoms with van der Waals surface area (Å²) in [5.74, 6) is 0.